The number of sulfonamides is 1. The van der Waals surface area contributed by atoms with Crippen LogP contribution in [0, 0.1) is 0 Å². The molecule has 0 aromatic heterocycles. The molecule has 0 aliphatic rings. The quantitative estimate of drug-likeness (QED) is 0.528. The molecule has 0 spiro atoms. The van der Waals surface area contributed by atoms with Crippen molar-refractivity contribution >= 4 is 27.3 Å². The van der Waals surface area contributed by atoms with Crippen molar-refractivity contribution in [1.29, 1.82) is 0 Å². The van der Waals surface area contributed by atoms with E-state index >= 15 is 0 Å². The summed E-state index contributed by atoms with van der Waals surface area (Å²) in [7, 11) is -3.31. The molecule has 1 aromatic rings. The van der Waals surface area contributed by atoms with E-state index in [1.807, 2.05) is 24.3 Å². The molecular formula is C15H25ClN2O2S. The molecule has 0 bridgehead atoms. The Morgan fingerprint density at radius 1 is 1.14 bits per heavy atom. The Bertz CT molecular complexity index is 516. The SMILES string of the molecule is CCN(CC)Cc1ccccc1NS(=O)(=O)CCCCCl. The van der Waals surface area contributed by atoms with Gasteiger partial charge in [0, 0.05) is 12.4 Å². The lowest BCUT2D eigenvalue weighted by Crippen LogP contribution is -2.24. The lowest BCUT2D eigenvalue weighted by atomic mass is 10.1. The van der Waals surface area contributed by atoms with E-state index in [0.717, 1.165) is 25.2 Å². The van der Waals surface area contributed by atoms with Crippen molar-refractivity contribution in [3.05, 3.63) is 29.8 Å². The average molecular weight is 333 g/mol. The van der Waals surface area contributed by atoms with Gasteiger partial charge in [0.1, 0.15) is 0 Å². The normalized spacial score (nSPS) is 11.8. The van der Waals surface area contributed by atoms with Crippen molar-refractivity contribution in [2.24, 2.45) is 0 Å². The van der Waals surface area contributed by atoms with Gasteiger partial charge in [0.05, 0.1) is 11.4 Å². The Balaban J connectivity index is 2.78. The molecular weight excluding hydrogens is 308 g/mol. The summed E-state index contributed by atoms with van der Waals surface area (Å²) in [6.45, 7) is 6.82. The Morgan fingerprint density at radius 2 is 1.81 bits per heavy atom. The molecule has 0 radical (unpaired) electrons. The largest absolute Gasteiger partial charge is 0.300 e. The predicted octanol–water partition coefficient (Wildman–Crippen LogP) is 3.29. The van der Waals surface area contributed by atoms with Gasteiger partial charge in [0.15, 0.2) is 0 Å². The fourth-order valence-electron chi connectivity index (χ4n) is 2.05. The summed E-state index contributed by atoms with van der Waals surface area (Å²) >= 11 is 5.58. The van der Waals surface area contributed by atoms with Crippen LogP contribution in [0.1, 0.15) is 32.3 Å². The smallest absolute Gasteiger partial charge is 0.232 e. The van der Waals surface area contributed by atoms with E-state index in [1.165, 1.54) is 0 Å². The number of halogens is 1. The maximum atomic E-state index is 12.1. The third-order valence-corrected chi connectivity index (χ3v) is 4.99. The van der Waals surface area contributed by atoms with Crippen LogP contribution in [0.4, 0.5) is 5.69 Å². The molecule has 0 saturated carbocycles. The van der Waals surface area contributed by atoms with Crippen molar-refractivity contribution in [3.63, 3.8) is 0 Å². The number of hydrogen-bond acceptors (Lipinski definition) is 3. The van der Waals surface area contributed by atoms with E-state index in [0.29, 0.717) is 24.4 Å². The van der Waals surface area contributed by atoms with Crippen molar-refractivity contribution in [3.8, 4) is 0 Å². The second kappa shape index (κ2) is 9.28. The molecule has 0 heterocycles. The Hall–Kier alpha value is -0.780. The minimum Gasteiger partial charge on any atom is -0.300 e. The van der Waals surface area contributed by atoms with Gasteiger partial charge < -0.3 is 0 Å². The molecule has 0 atom stereocenters. The molecule has 0 saturated heterocycles. The molecule has 0 aliphatic heterocycles. The first-order valence-electron chi connectivity index (χ1n) is 7.39. The maximum Gasteiger partial charge on any atom is 0.232 e. The third kappa shape index (κ3) is 6.68. The molecule has 1 rings (SSSR count). The van der Waals surface area contributed by atoms with Gasteiger partial charge in [0.2, 0.25) is 10.0 Å². The second-order valence-corrected chi connectivity index (χ2v) is 7.16. The topological polar surface area (TPSA) is 49.4 Å². The van der Waals surface area contributed by atoms with Gasteiger partial charge in [-0.05, 0) is 37.6 Å². The highest BCUT2D eigenvalue weighted by atomic mass is 35.5. The molecule has 0 amide bonds. The van der Waals surface area contributed by atoms with Crippen LogP contribution in [0.3, 0.4) is 0 Å². The number of nitrogens with zero attached hydrogens (tertiary/aromatic N) is 1. The highest BCUT2D eigenvalue weighted by molar-refractivity contribution is 7.92. The fourth-order valence-corrected chi connectivity index (χ4v) is 3.46. The van der Waals surface area contributed by atoms with Crippen LogP contribution >= 0.6 is 11.6 Å². The molecule has 1 aromatic carbocycles. The summed E-state index contributed by atoms with van der Waals surface area (Å²) in [5, 5.41) is 0. The third-order valence-electron chi connectivity index (χ3n) is 3.37. The molecule has 120 valence electrons. The Morgan fingerprint density at radius 3 is 2.43 bits per heavy atom. The van der Waals surface area contributed by atoms with Gasteiger partial charge in [-0.25, -0.2) is 8.42 Å². The van der Waals surface area contributed by atoms with E-state index in [4.69, 9.17) is 11.6 Å². The van der Waals surface area contributed by atoms with Gasteiger partial charge in [-0.15, -0.1) is 11.6 Å². The number of para-hydroxylation sites is 1. The van der Waals surface area contributed by atoms with Crippen molar-refractivity contribution in [1.82, 2.24) is 4.90 Å². The van der Waals surface area contributed by atoms with Gasteiger partial charge in [-0.1, -0.05) is 32.0 Å². The summed E-state index contributed by atoms with van der Waals surface area (Å²) < 4.78 is 26.9. The van der Waals surface area contributed by atoms with Crippen LogP contribution in [0.25, 0.3) is 0 Å². The summed E-state index contributed by atoms with van der Waals surface area (Å²) in [6, 6.07) is 7.57. The van der Waals surface area contributed by atoms with E-state index < -0.39 is 10.0 Å². The zero-order valence-corrected chi connectivity index (χ0v) is 14.4. The first-order valence-corrected chi connectivity index (χ1v) is 9.57. The predicted molar refractivity (Wildman–Crippen MR) is 90.4 cm³/mol. The molecule has 0 fully saturated rings. The number of alkyl halides is 1. The van der Waals surface area contributed by atoms with Gasteiger partial charge in [-0.3, -0.25) is 9.62 Å². The van der Waals surface area contributed by atoms with E-state index in [2.05, 4.69) is 23.5 Å². The monoisotopic (exact) mass is 332 g/mol. The standard InChI is InChI=1S/C15H25ClN2O2S/c1-3-18(4-2)13-14-9-5-6-10-15(14)17-21(19,20)12-8-7-11-16/h5-6,9-10,17H,3-4,7-8,11-13H2,1-2H3. The number of rotatable bonds is 10. The lowest BCUT2D eigenvalue weighted by molar-refractivity contribution is 0.296. The molecule has 6 heteroatoms. The summed E-state index contributed by atoms with van der Waals surface area (Å²) in [6.07, 6.45) is 1.29. The minimum atomic E-state index is -3.31. The van der Waals surface area contributed by atoms with Crippen LogP contribution in [0.5, 0.6) is 0 Å². The Kier molecular flexibility index (Phi) is 8.07. The number of nitrogens with one attached hydrogen (secondary N) is 1. The average Bonchev–Trinajstić information content (AvgIpc) is 2.46. The number of unbranched alkanes of at least 4 members (excludes halogenated alkanes) is 1. The van der Waals surface area contributed by atoms with Crippen molar-refractivity contribution in [2.45, 2.75) is 33.2 Å². The number of anilines is 1. The molecule has 1 N–H and O–H groups in total. The van der Waals surface area contributed by atoms with E-state index in [1.54, 1.807) is 0 Å². The van der Waals surface area contributed by atoms with Crippen molar-refractivity contribution in [2.75, 3.05) is 29.4 Å². The van der Waals surface area contributed by atoms with Crippen LogP contribution in [0.2, 0.25) is 0 Å². The van der Waals surface area contributed by atoms with Crippen molar-refractivity contribution < 1.29 is 8.42 Å². The highest BCUT2D eigenvalue weighted by Crippen LogP contribution is 2.19. The van der Waals surface area contributed by atoms with E-state index in [-0.39, 0.29) is 5.75 Å². The zero-order valence-electron chi connectivity index (χ0n) is 12.8. The zero-order chi connectivity index (χ0) is 15.7. The maximum absolute atomic E-state index is 12.1. The van der Waals surface area contributed by atoms with Gasteiger partial charge in [-0.2, -0.15) is 0 Å². The lowest BCUT2D eigenvalue weighted by Gasteiger charge is -2.20. The fraction of sp³-hybridized carbons (Fsp3) is 0.600. The van der Waals surface area contributed by atoms with Crippen LogP contribution in [0.15, 0.2) is 24.3 Å². The summed E-state index contributed by atoms with van der Waals surface area (Å²) in [5.74, 6) is 0.605. The second-order valence-electron chi connectivity index (χ2n) is 4.94. The van der Waals surface area contributed by atoms with Crippen LogP contribution in [-0.4, -0.2) is 38.0 Å². The number of hydrogen-bond donors (Lipinski definition) is 1. The van der Waals surface area contributed by atoms with Crippen LogP contribution < -0.4 is 4.72 Å². The highest BCUT2D eigenvalue weighted by Gasteiger charge is 2.13. The minimum absolute atomic E-state index is 0.110. The molecule has 21 heavy (non-hydrogen) atoms. The first-order chi connectivity index (χ1) is 10.0. The van der Waals surface area contributed by atoms with Gasteiger partial charge >= 0.3 is 0 Å². The number of benzene rings is 1. The molecule has 0 aliphatic carbocycles. The first kappa shape index (κ1) is 18.3. The summed E-state index contributed by atoms with van der Waals surface area (Å²) in [4.78, 5) is 2.25. The summed E-state index contributed by atoms with van der Waals surface area (Å²) in [5.41, 5.74) is 1.68. The molecule has 0 unspecified atom stereocenters. The van der Waals surface area contributed by atoms with E-state index in [9.17, 15) is 8.42 Å². The Labute approximate surface area is 133 Å². The van der Waals surface area contributed by atoms with Crippen LogP contribution in [-0.2, 0) is 16.6 Å². The van der Waals surface area contributed by atoms with Gasteiger partial charge in [0.25, 0.3) is 0 Å². The molecule has 4 nitrogen and oxygen atoms in total.